The van der Waals surface area contributed by atoms with E-state index < -0.39 is 102 Å². The third kappa shape index (κ3) is 12.3. The highest BCUT2D eigenvalue weighted by atomic mass is 16.7. The molecule has 15 heteroatoms. The highest BCUT2D eigenvalue weighted by Gasteiger charge is 2.55. The van der Waals surface area contributed by atoms with E-state index in [4.69, 9.17) is 52.1 Å². The standard InChI is InChI=1S/C55H81NO14/c1-17-41-33(4)45-34(5)43(69-53(9,10)70-45)31(2)29-54(11,60-15)47(68-52-46(40(56(13)14)28-32(3)62-52)66-50(58)38-24-20-18-21-25-38)35(6)44(36(7)49(57)64-41)65-42-30-55(12,61-16)48(37(8)63-42)67-51(59)39-26-22-19-23-27-39/h18-27,31-32,34-37,40-48,52H,4,17,28-30H2,1-3,5-16H3/t31-,32-,34+,35+,36-,37+,40+,41?,42+,43+,44?,45+,46-,47-,48+,52+,54-,55-/m1/s1. The minimum Gasteiger partial charge on any atom is -0.457 e. The lowest BCUT2D eigenvalue weighted by atomic mass is 9.74. The molecule has 0 saturated carbocycles. The molecule has 4 saturated heterocycles. The summed E-state index contributed by atoms with van der Waals surface area (Å²) in [6.45, 7) is 25.8. The number of carbonyl (C=O) groups is 3. The molecular weight excluding hydrogens is 899 g/mol. The van der Waals surface area contributed by atoms with E-state index in [1.54, 1.807) is 76.6 Å². The number of nitrogens with zero attached hydrogens (tertiary/aromatic N) is 1. The third-order valence-electron chi connectivity index (χ3n) is 15.2. The zero-order valence-corrected chi connectivity index (χ0v) is 44.2. The van der Waals surface area contributed by atoms with Crippen molar-refractivity contribution in [3.05, 3.63) is 83.9 Å². The van der Waals surface area contributed by atoms with Crippen LogP contribution in [0.4, 0.5) is 0 Å². The SMILES string of the molecule is C=C1C(CC)OC(=O)[C@H](C)C(O[C@H]2C[C@@](C)(OC)[C@@H](OC(=O)c3ccccc3)[C@H](C)O2)[C@H](C)[C@@H](O[C@@H]2O[C@H](C)C[C@H](N(C)C)[C@H]2OC(=O)c2ccccc2)[C@](C)(OC)C[C@@H](C)[C@@H]2OC(C)(C)O[C@@H]1[C@H]2C. The van der Waals surface area contributed by atoms with Crippen LogP contribution < -0.4 is 0 Å². The van der Waals surface area contributed by atoms with Crippen molar-refractivity contribution in [3.8, 4) is 0 Å². The Hall–Kier alpha value is -3.77. The van der Waals surface area contributed by atoms with Crippen molar-refractivity contribution < 1.29 is 66.5 Å². The molecule has 4 heterocycles. The maximum Gasteiger partial charge on any atom is 0.338 e. The van der Waals surface area contributed by atoms with Crippen LogP contribution >= 0.6 is 0 Å². The summed E-state index contributed by atoms with van der Waals surface area (Å²) in [5.74, 6) is -4.53. The summed E-state index contributed by atoms with van der Waals surface area (Å²) in [4.78, 5) is 44.3. The summed E-state index contributed by atoms with van der Waals surface area (Å²) >= 11 is 0. The molecule has 18 atom stereocenters. The summed E-state index contributed by atoms with van der Waals surface area (Å²) in [7, 11) is 7.10. The number of ether oxygens (including phenoxy) is 11. The smallest absolute Gasteiger partial charge is 0.338 e. The lowest BCUT2D eigenvalue weighted by Gasteiger charge is -2.52. The van der Waals surface area contributed by atoms with Crippen LogP contribution in [0.3, 0.4) is 0 Å². The topological polar surface area (TPSA) is 156 Å². The Morgan fingerprint density at radius 1 is 0.743 bits per heavy atom. The van der Waals surface area contributed by atoms with Gasteiger partial charge in [-0.15, -0.1) is 0 Å². The van der Waals surface area contributed by atoms with E-state index in [0.29, 0.717) is 36.0 Å². The number of esters is 3. The molecule has 2 aromatic carbocycles. The number of benzene rings is 2. The zero-order chi connectivity index (χ0) is 51.5. The van der Waals surface area contributed by atoms with Gasteiger partial charge < -0.3 is 57.0 Å². The van der Waals surface area contributed by atoms with E-state index >= 15 is 0 Å². The van der Waals surface area contributed by atoms with Crippen LogP contribution in [0.2, 0.25) is 0 Å². The lowest BCUT2D eigenvalue weighted by molar-refractivity contribution is -0.330. The first-order valence-corrected chi connectivity index (χ1v) is 25.1. The Morgan fingerprint density at radius 2 is 1.31 bits per heavy atom. The molecule has 70 heavy (non-hydrogen) atoms. The fraction of sp³-hybridized carbons (Fsp3) is 0.691. The number of methoxy groups -OCH3 is 2. The molecule has 4 fully saturated rings. The number of fused-ring (bicyclic) bond motifs is 2. The predicted molar refractivity (Wildman–Crippen MR) is 262 cm³/mol. The van der Waals surface area contributed by atoms with Gasteiger partial charge in [0.15, 0.2) is 30.6 Å². The predicted octanol–water partition coefficient (Wildman–Crippen LogP) is 8.56. The molecule has 15 nitrogen and oxygen atoms in total. The molecule has 390 valence electrons. The Morgan fingerprint density at radius 3 is 1.87 bits per heavy atom. The zero-order valence-electron chi connectivity index (χ0n) is 44.2. The second-order valence-corrected chi connectivity index (χ2v) is 21.3. The van der Waals surface area contributed by atoms with Gasteiger partial charge >= 0.3 is 17.9 Å². The van der Waals surface area contributed by atoms with Gasteiger partial charge in [0.25, 0.3) is 0 Å². The number of rotatable bonds is 12. The number of cyclic esters (lactones) is 1. The van der Waals surface area contributed by atoms with Crippen LogP contribution in [-0.2, 0) is 56.9 Å². The van der Waals surface area contributed by atoms with Gasteiger partial charge in [0.05, 0.1) is 65.3 Å². The average molecular weight is 980 g/mol. The summed E-state index contributed by atoms with van der Waals surface area (Å²) in [6.07, 6.45) is -6.67. The van der Waals surface area contributed by atoms with E-state index in [9.17, 15) is 14.4 Å². The summed E-state index contributed by atoms with van der Waals surface area (Å²) < 4.78 is 73.1. The maximum atomic E-state index is 14.9. The normalized spacial score (nSPS) is 39.6. The molecule has 4 aliphatic rings. The monoisotopic (exact) mass is 980 g/mol. The molecule has 2 unspecified atom stereocenters. The highest BCUT2D eigenvalue weighted by molar-refractivity contribution is 5.90. The Balaban J connectivity index is 1.45. The molecule has 0 spiro atoms. The van der Waals surface area contributed by atoms with E-state index in [1.165, 1.54) is 0 Å². The largest absolute Gasteiger partial charge is 0.457 e. The molecular formula is C55H81NO14. The van der Waals surface area contributed by atoms with Crippen molar-refractivity contribution in [1.29, 1.82) is 0 Å². The summed E-state index contributed by atoms with van der Waals surface area (Å²) in [5.41, 5.74) is -0.783. The van der Waals surface area contributed by atoms with E-state index in [-0.39, 0.29) is 36.5 Å². The Kier molecular flexibility index (Phi) is 18.2. The number of hydrogen-bond acceptors (Lipinski definition) is 15. The van der Waals surface area contributed by atoms with Crippen molar-refractivity contribution in [2.24, 2.45) is 23.7 Å². The second-order valence-electron chi connectivity index (χ2n) is 21.3. The fourth-order valence-electron chi connectivity index (χ4n) is 11.3. The third-order valence-corrected chi connectivity index (χ3v) is 15.2. The van der Waals surface area contributed by atoms with Crippen molar-refractivity contribution in [2.75, 3.05) is 28.3 Å². The van der Waals surface area contributed by atoms with Gasteiger partial charge in [0, 0.05) is 32.5 Å². The van der Waals surface area contributed by atoms with Gasteiger partial charge in [-0.3, -0.25) is 4.79 Å². The first-order valence-electron chi connectivity index (χ1n) is 25.1. The first kappa shape index (κ1) is 55.5. The number of carbonyl (C=O) groups excluding carboxylic acids is 3. The summed E-state index contributed by atoms with van der Waals surface area (Å²) in [5, 5.41) is 0. The van der Waals surface area contributed by atoms with Gasteiger partial charge in [0.1, 0.15) is 11.7 Å². The number of hydrogen-bond donors (Lipinski definition) is 0. The highest BCUT2D eigenvalue weighted by Crippen LogP contribution is 2.45. The van der Waals surface area contributed by atoms with Gasteiger partial charge in [0.2, 0.25) is 0 Å². The van der Waals surface area contributed by atoms with Crippen molar-refractivity contribution in [2.45, 2.75) is 192 Å². The molecule has 0 radical (unpaired) electrons. The van der Waals surface area contributed by atoms with E-state index in [2.05, 4.69) is 20.4 Å². The van der Waals surface area contributed by atoms with Crippen LogP contribution in [0, 0.1) is 23.7 Å². The molecule has 2 bridgehead atoms. The van der Waals surface area contributed by atoms with Gasteiger partial charge in [-0.1, -0.05) is 70.7 Å². The van der Waals surface area contributed by atoms with Crippen molar-refractivity contribution >= 4 is 17.9 Å². The molecule has 0 aromatic heterocycles. The van der Waals surface area contributed by atoms with Gasteiger partial charge in [-0.25, -0.2) is 9.59 Å². The molecule has 2 aromatic rings. The maximum absolute atomic E-state index is 14.9. The molecule has 0 N–H and O–H groups in total. The molecule has 6 rings (SSSR count). The molecule has 0 aliphatic carbocycles. The quantitative estimate of drug-likeness (QED) is 0.113. The first-order chi connectivity index (χ1) is 33.0. The minimum atomic E-state index is -1.14. The van der Waals surface area contributed by atoms with Crippen molar-refractivity contribution in [3.63, 3.8) is 0 Å². The van der Waals surface area contributed by atoms with Crippen LogP contribution in [-0.4, -0.2) is 142 Å². The Bertz CT molecular complexity index is 2070. The number of likely N-dealkylation sites (N-methyl/N-ethyl adjacent to an activating group) is 1. The van der Waals surface area contributed by atoms with Gasteiger partial charge in [-0.05, 0) is 118 Å². The average Bonchev–Trinajstić information content (AvgIpc) is 3.33. The fourth-order valence-corrected chi connectivity index (χ4v) is 11.3. The van der Waals surface area contributed by atoms with Crippen molar-refractivity contribution in [1.82, 2.24) is 4.90 Å². The lowest BCUT2D eigenvalue weighted by Crippen LogP contribution is -2.62. The minimum absolute atomic E-state index is 0.126. The van der Waals surface area contributed by atoms with E-state index in [0.717, 1.165) is 0 Å². The van der Waals surface area contributed by atoms with Crippen LogP contribution in [0.15, 0.2) is 72.8 Å². The second kappa shape index (κ2) is 23.0. The molecule has 4 aliphatic heterocycles. The van der Waals surface area contributed by atoms with E-state index in [1.807, 2.05) is 79.6 Å². The Labute approximate surface area is 416 Å². The van der Waals surface area contributed by atoms with Gasteiger partial charge in [-0.2, -0.15) is 0 Å². The van der Waals surface area contributed by atoms with Crippen LogP contribution in [0.1, 0.15) is 123 Å². The van der Waals surface area contributed by atoms with Crippen LogP contribution in [0.5, 0.6) is 0 Å². The summed E-state index contributed by atoms with van der Waals surface area (Å²) in [6, 6.07) is 17.3. The molecule has 0 amide bonds. The van der Waals surface area contributed by atoms with Crippen LogP contribution in [0.25, 0.3) is 0 Å².